The first-order valence-electron chi connectivity index (χ1n) is 6.76. The van der Waals surface area contributed by atoms with Crippen molar-refractivity contribution in [1.29, 1.82) is 0 Å². The summed E-state index contributed by atoms with van der Waals surface area (Å²) < 4.78 is 24.4. The highest BCUT2D eigenvalue weighted by Gasteiger charge is 2.13. The molecule has 0 heterocycles. The van der Waals surface area contributed by atoms with E-state index in [1.165, 1.54) is 38.2 Å². The number of ether oxygens (including phenoxy) is 2. The van der Waals surface area contributed by atoms with Crippen molar-refractivity contribution in [2.75, 3.05) is 13.2 Å². The average molecular weight is 252 g/mol. The van der Waals surface area contributed by atoms with E-state index < -0.39 is 0 Å². The molecule has 1 saturated carbocycles. The van der Waals surface area contributed by atoms with Gasteiger partial charge in [0, 0.05) is 0 Å². The Balaban J connectivity index is 1.66. The van der Waals surface area contributed by atoms with E-state index in [4.69, 9.17) is 9.47 Å². The third kappa shape index (κ3) is 3.98. The zero-order chi connectivity index (χ0) is 12.8. The van der Waals surface area contributed by atoms with Crippen LogP contribution < -0.4 is 4.74 Å². The number of benzene rings is 1. The molecule has 0 spiro atoms. The molecule has 0 amide bonds. The summed E-state index contributed by atoms with van der Waals surface area (Å²) in [5.74, 6) is 0.516. The first kappa shape index (κ1) is 13.3. The Morgan fingerprint density at radius 1 is 1.17 bits per heavy atom. The molecule has 0 aromatic heterocycles. The fraction of sp³-hybridized carbons (Fsp3) is 0.600. The van der Waals surface area contributed by atoms with Crippen LogP contribution in [0.3, 0.4) is 0 Å². The number of hydrogen-bond acceptors (Lipinski definition) is 2. The van der Waals surface area contributed by atoms with E-state index >= 15 is 0 Å². The van der Waals surface area contributed by atoms with E-state index in [1.54, 1.807) is 19.1 Å². The van der Waals surface area contributed by atoms with Crippen molar-refractivity contribution in [3.8, 4) is 5.75 Å². The lowest BCUT2D eigenvalue weighted by atomic mass is 9.98. The maximum atomic E-state index is 13.0. The van der Waals surface area contributed by atoms with Crippen LogP contribution in [0.1, 0.15) is 37.7 Å². The van der Waals surface area contributed by atoms with E-state index in [0.717, 1.165) is 0 Å². The second kappa shape index (κ2) is 6.74. The highest BCUT2D eigenvalue weighted by Crippen LogP contribution is 2.20. The van der Waals surface area contributed by atoms with Gasteiger partial charge in [0.25, 0.3) is 0 Å². The van der Waals surface area contributed by atoms with E-state index in [1.807, 2.05) is 0 Å². The van der Waals surface area contributed by atoms with Crippen molar-refractivity contribution in [3.05, 3.63) is 29.6 Å². The third-order valence-electron chi connectivity index (χ3n) is 3.39. The van der Waals surface area contributed by atoms with Gasteiger partial charge in [-0.2, -0.15) is 0 Å². The Bertz CT molecular complexity index is 373. The van der Waals surface area contributed by atoms with Crippen molar-refractivity contribution in [2.24, 2.45) is 0 Å². The molecule has 0 atom stereocenters. The van der Waals surface area contributed by atoms with Crippen LogP contribution in [-0.4, -0.2) is 19.3 Å². The zero-order valence-corrected chi connectivity index (χ0v) is 11.0. The maximum Gasteiger partial charge on any atom is 0.126 e. The van der Waals surface area contributed by atoms with Gasteiger partial charge in [0.1, 0.15) is 18.2 Å². The third-order valence-corrected chi connectivity index (χ3v) is 3.39. The monoisotopic (exact) mass is 252 g/mol. The molecule has 0 bridgehead atoms. The molecule has 18 heavy (non-hydrogen) atoms. The molecule has 0 unspecified atom stereocenters. The Labute approximate surface area is 108 Å². The lowest BCUT2D eigenvalue weighted by Gasteiger charge is -2.21. The minimum absolute atomic E-state index is 0.194. The number of halogens is 1. The average Bonchev–Trinajstić information content (AvgIpc) is 2.40. The summed E-state index contributed by atoms with van der Waals surface area (Å²) >= 11 is 0. The first-order valence-corrected chi connectivity index (χ1v) is 6.76. The second-order valence-electron chi connectivity index (χ2n) is 4.89. The van der Waals surface area contributed by atoms with Gasteiger partial charge in [0.05, 0.1) is 12.7 Å². The largest absolute Gasteiger partial charge is 0.491 e. The summed E-state index contributed by atoms with van der Waals surface area (Å²) in [6.45, 7) is 2.88. The molecule has 3 heteroatoms. The molecule has 1 aromatic carbocycles. The quantitative estimate of drug-likeness (QED) is 0.741. The molecule has 1 aliphatic rings. The van der Waals surface area contributed by atoms with Crippen LogP contribution in [0.2, 0.25) is 0 Å². The Morgan fingerprint density at radius 2 is 1.94 bits per heavy atom. The number of rotatable bonds is 5. The summed E-state index contributed by atoms with van der Waals surface area (Å²) in [7, 11) is 0. The zero-order valence-electron chi connectivity index (χ0n) is 11.0. The molecule has 2 nitrogen and oxygen atoms in total. The van der Waals surface area contributed by atoms with E-state index in [9.17, 15) is 4.39 Å². The summed E-state index contributed by atoms with van der Waals surface area (Å²) in [5.41, 5.74) is 0.612. The van der Waals surface area contributed by atoms with Gasteiger partial charge < -0.3 is 9.47 Å². The molecule has 0 aliphatic heterocycles. The van der Waals surface area contributed by atoms with E-state index in [0.29, 0.717) is 30.6 Å². The van der Waals surface area contributed by atoms with Gasteiger partial charge in [0.15, 0.2) is 0 Å². The van der Waals surface area contributed by atoms with E-state index in [-0.39, 0.29) is 5.82 Å². The standard InChI is InChI=1S/C15H21FO2/c1-12-11-14(7-8-15(12)16)18-10-9-17-13-5-3-2-4-6-13/h7-8,11,13H,2-6,9-10H2,1H3. The minimum atomic E-state index is -0.194. The maximum absolute atomic E-state index is 13.0. The molecular weight excluding hydrogens is 231 g/mol. The van der Waals surface area contributed by atoms with Crippen LogP contribution in [0.15, 0.2) is 18.2 Å². The van der Waals surface area contributed by atoms with Gasteiger partial charge in [-0.15, -0.1) is 0 Å². The molecule has 1 aliphatic carbocycles. The predicted octanol–water partition coefficient (Wildman–Crippen LogP) is 3.86. The predicted molar refractivity (Wildman–Crippen MR) is 69.5 cm³/mol. The lowest BCUT2D eigenvalue weighted by Crippen LogP contribution is -2.19. The van der Waals surface area contributed by atoms with Gasteiger partial charge in [-0.05, 0) is 43.5 Å². The molecule has 0 N–H and O–H groups in total. The first-order chi connectivity index (χ1) is 8.75. The number of aryl methyl sites for hydroxylation is 1. The molecule has 0 saturated heterocycles. The van der Waals surface area contributed by atoms with Crippen LogP contribution >= 0.6 is 0 Å². The van der Waals surface area contributed by atoms with Crippen LogP contribution in [-0.2, 0) is 4.74 Å². The van der Waals surface area contributed by atoms with Crippen LogP contribution in [0, 0.1) is 12.7 Å². The minimum Gasteiger partial charge on any atom is -0.491 e. The van der Waals surface area contributed by atoms with E-state index in [2.05, 4.69) is 0 Å². The highest BCUT2D eigenvalue weighted by atomic mass is 19.1. The smallest absolute Gasteiger partial charge is 0.126 e. The second-order valence-corrected chi connectivity index (χ2v) is 4.89. The fourth-order valence-electron chi connectivity index (χ4n) is 2.31. The topological polar surface area (TPSA) is 18.5 Å². The molecular formula is C15H21FO2. The molecule has 100 valence electrons. The summed E-state index contributed by atoms with van der Waals surface area (Å²) in [5, 5.41) is 0. The highest BCUT2D eigenvalue weighted by molar-refractivity contribution is 5.28. The Hall–Kier alpha value is -1.09. The van der Waals surface area contributed by atoms with Crippen LogP contribution in [0.5, 0.6) is 5.75 Å². The lowest BCUT2D eigenvalue weighted by molar-refractivity contribution is 0.0129. The summed E-state index contributed by atoms with van der Waals surface area (Å²) in [6.07, 6.45) is 6.67. The number of hydrogen-bond donors (Lipinski definition) is 0. The van der Waals surface area contributed by atoms with Gasteiger partial charge in [0.2, 0.25) is 0 Å². The van der Waals surface area contributed by atoms with Gasteiger partial charge in [-0.25, -0.2) is 4.39 Å². The molecule has 2 rings (SSSR count). The van der Waals surface area contributed by atoms with Crippen LogP contribution in [0.4, 0.5) is 4.39 Å². The van der Waals surface area contributed by atoms with Gasteiger partial charge >= 0.3 is 0 Å². The summed E-state index contributed by atoms with van der Waals surface area (Å²) in [6, 6.07) is 4.81. The van der Waals surface area contributed by atoms with Gasteiger partial charge in [-0.1, -0.05) is 19.3 Å². The molecule has 1 fully saturated rings. The molecule has 0 radical (unpaired) electrons. The fourth-order valence-corrected chi connectivity index (χ4v) is 2.31. The van der Waals surface area contributed by atoms with Crippen molar-refractivity contribution in [1.82, 2.24) is 0 Å². The normalized spacial score (nSPS) is 16.8. The van der Waals surface area contributed by atoms with Gasteiger partial charge in [-0.3, -0.25) is 0 Å². The van der Waals surface area contributed by atoms with Crippen molar-refractivity contribution in [2.45, 2.75) is 45.1 Å². The SMILES string of the molecule is Cc1cc(OCCOC2CCCCC2)ccc1F. The Morgan fingerprint density at radius 3 is 2.67 bits per heavy atom. The van der Waals surface area contributed by atoms with Crippen molar-refractivity contribution < 1.29 is 13.9 Å². The Kier molecular flexibility index (Phi) is 5.00. The van der Waals surface area contributed by atoms with Crippen molar-refractivity contribution >= 4 is 0 Å². The summed E-state index contributed by atoms with van der Waals surface area (Å²) in [4.78, 5) is 0. The van der Waals surface area contributed by atoms with Crippen LogP contribution in [0.25, 0.3) is 0 Å². The van der Waals surface area contributed by atoms with Crippen molar-refractivity contribution in [3.63, 3.8) is 0 Å². The molecule has 1 aromatic rings.